The summed E-state index contributed by atoms with van der Waals surface area (Å²) in [5.41, 5.74) is 0.936. The van der Waals surface area contributed by atoms with Crippen LogP contribution in [-0.2, 0) is 6.54 Å². The summed E-state index contributed by atoms with van der Waals surface area (Å²) < 4.78 is 7.95. The molecule has 0 radical (unpaired) electrons. The highest BCUT2D eigenvalue weighted by atomic mass is 32.1. The summed E-state index contributed by atoms with van der Waals surface area (Å²) in [5, 5.41) is 11.0. The van der Waals surface area contributed by atoms with E-state index in [9.17, 15) is 14.9 Å². The topological polar surface area (TPSA) is 86.7 Å². The number of hydrogen-bond acceptors (Lipinski definition) is 5. The zero-order chi connectivity index (χ0) is 20.3. The molecule has 0 saturated carbocycles. The maximum Gasteiger partial charge on any atom is 0.279 e. The van der Waals surface area contributed by atoms with Crippen LogP contribution in [-0.4, -0.2) is 21.5 Å². The molecular weight excluding hydrogens is 378 g/mol. The monoisotopic (exact) mass is 395 g/mol. The second-order valence-corrected chi connectivity index (χ2v) is 7.20. The van der Waals surface area contributed by atoms with Crippen molar-refractivity contribution in [2.75, 3.05) is 0 Å². The molecule has 0 atom stereocenters. The van der Waals surface area contributed by atoms with Crippen molar-refractivity contribution in [2.45, 2.75) is 26.5 Å². The number of carbonyl (C=O) groups is 1. The summed E-state index contributed by atoms with van der Waals surface area (Å²) in [6, 6.07) is 11.2. The van der Waals surface area contributed by atoms with Gasteiger partial charge in [0.2, 0.25) is 0 Å². The number of carbonyl (C=O) groups excluding carboxylic acids is 1. The van der Waals surface area contributed by atoms with Gasteiger partial charge in [-0.2, -0.15) is 4.99 Å². The molecule has 7 nitrogen and oxygen atoms in total. The molecule has 1 amide bonds. The van der Waals surface area contributed by atoms with Crippen molar-refractivity contribution >= 4 is 33.1 Å². The lowest BCUT2D eigenvalue weighted by molar-refractivity contribution is -0.384. The predicted molar refractivity (Wildman–Crippen MR) is 107 cm³/mol. The molecule has 0 bridgehead atoms. The number of fused-ring (bicyclic) bond motifs is 1. The van der Waals surface area contributed by atoms with Crippen molar-refractivity contribution in [3.05, 3.63) is 62.9 Å². The third-order valence-electron chi connectivity index (χ3n) is 3.80. The van der Waals surface area contributed by atoms with E-state index in [1.54, 1.807) is 34.9 Å². The molecule has 1 heterocycles. The second-order valence-electron chi connectivity index (χ2n) is 6.19. The Hall–Kier alpha value is -3.44. The van der Waals surface area contributed by atoms with E-state index in [-0.39, 0.29) is 18.3 Å². The summed E-state index contributed by atoms with van der Waals surface area (Å²) >= 11 is 1.25. The number of amides is 1. The van der Waals surface area contributed by atoms with Crippen LogP contribution in [0.5, 0.6) is 5.75 Å². The highest BCUT2D eigenvalue weighted by molar-refractivity contribution is 7.16. The van der Waals surface area contributed by atoms with E-state index in [1.807, 2.05) is 13.8 Å². The fraction of sp³-hybridized carbons (Fsp3) is 0.200. The first-order valence-corrected chi connectivity index (χ1v) is 9.27. The number of non-ortho nitro benzene ring substituents is 1. The molecule has 8 heteroatoms. The molecule has 0 aliphatic rings. The van der Waals surface area contributed by atoms with Crippen LogP contribution in [0.4, 0.5) is 5.69 Å². The predicted octanol–water partition coefficient (Wildman–Crippen LogP) is 3.77. The number of thiazole rings is 1. The van der Waals surface area contributed by atoms with Gasteiger partial charge < -0.3 is 9.30 Å². The number of rotatable bonds is 5. The van der Waals surface area contributed by atoms with Gasteiger partial charge in [-0.1, -0.05) is 17.3 Å². The van der Waals surface area contributed by atoms with Crippen molar-refractivity contribution in [3.8, 4) is 18.1 Å². The standard InChI is InChI=1S/C20H17N3O4S/c1-4-11-22-17-12-15(23(25)26)7-10-18(17)28-20(22)21-19(24)14-5-8-16(9-6-14)27-13(2)3/h1,5-10,12-13H,11H2,2-3H3. The van der Waals surface area contributed by atoms with Crippen molar-refractivity contribution in [1.82, 2.24) is 4.57 Å². The number of terminal acetylenes is 1. The average molecular weight is 395 g/mol. The number of benzene rings is 2. The number of nitro groups is 1. The zero-order valence-corrected chi connectivity index (χ0v) is 16.1. The second kappa shape index (κ2) is 8.06. The van der Waals surface area contributed by atoms with E-state index in [2.05, 4.69) is 10.9 Å². The van der Waals surface area contributed by atoms with E-state index in [1.165, 1.54) is 23.5 Å². The van der Waals surface area contributed by atoms with Gasteiger partial charge in [0.05, 0.1) is 27.8 Å². The van der Waals surface area contributed by atoms with Crippen LogP contribution in [0.25, 0.3) is 10.2 Å². The maximum absolute atomic E-state index is 12.6. The average Bonchev–Trinajstić information content (AvgIpc) is 2.98. The van der Waals surface area contributed by atoms with Gasteiger partial charge in [-0.05, 0) is 44.2 Å². The van der Waals surface area contributed by atoms with Gasteiger partial charge in [0, 0.05) is 17.7 Å². The van der Waals surface area contributed by atoms with E-state index in [4.69, 9.17) is 11.2 Å². The first kappa shape index (κ1) is 19.3. The lowest BCUT2D eigenvalue weighted by Crippen LogP contribution is -2.16. The van der Waals surface area contributed by atoms with Crippen LogP contribution < -0.4 is 9.54 Å². The van der Waals surface area contributed by atoms with Gasteiger partial charge in [-0.3, -0.25) is 14.9 Å². The van der Waals surface area contributed by atoms with Gasteiger partial charge in [0.15, 0.2) is 4.80 Å². The summed E-state index contributed by atoms with van der Waals surface area (Å²) in [5.74, 6) is 2.74. The third kappa shape index (κ3) is 4.10. The van der Waals surface area contributed by atoms with Crippen LogP contribution in [0.2, 0.25) is 0 Å². The Bertz CT molecular complexity index is 1150. The highest BCUT2D eigenvalue weighted by Crippen LogP contribution is 2.23. The number of hydrogen-bond donors (Lipinski definition) is 0. The van der Waals surface area contributed by atoms with Gasteiger partial charge in [0.1, 0.15) is 5.75 Å². The van der Waals surface area contributed by atoms with Crippen molar-refractivity contribution < 1.29 is 14.5 Å². The van der Waals surface area contributed by atoms with E-state index in [0.29, 0.717) is 21.6 Å². The Kier molecular flexibility index (Phi) is 5.57. The fourth-order valence-corrected chi connectivity index (χ4v) is 3.61. The molecule has 28 heavy (non-hydrogen) atoms. The van der Waals surface area contributed by atoms with Gasteiger partial charge in [0.25, 0.3) is 11.6 Å². The number of nitrogens with zero attached hydrogens (tertiary/aromatic N) is 3. The zero-order valence-electron chi connectivity index (χ0n) is 15.3. The summed E-state index contributed by atoms with van der Waals surface area (Å²) in [7, 11) is 0. The SMILES string of the molecule is C#CCn1c(=NC(=O)c2ccc(OC(C)C)cc2)sc2ccc([N+](=O)[O-])cc21. The molecule has 0 saturated heterocycles. The molecule has 0 spiro atoms. The quantitative estimate of drug-likeness (QED) is 0.374. The first-order chi connectivity index (χ1) is 13.4. The molecule has 0 N–H and O–H groups in total. The number of ether oxygens (including phenoxy) is 1. The maximum atomic E-state index is 12.6. The van der Waals surface area contributed by atoms with Crippen molar-refractivity contribution in [1.29, 1.82) is 0 Å². The van der Waals surface area contributed by atoms with Crippen LogP contribution in [0.3, 0.4) is 0 Å². The van der Waals surface area contributed by atoms with Gasteiger partial charge >= 0.3 is 0 Å². The highest BCUT2D eigenvalue weighted by Gasteiger charge is 2.13. The van der Waals surface area contributed by atoms with Crippen molar-refractivity contribution in [2.24, 2.45) is 4.99 Å². The minimum atomic E-state index is -0.472. The minimum Gasteiger partial charge on any atom is -0.491 e. The molecular formula is C20H17N3O4S. The molecule has 0 aliphatic heterocycles. The molecule has 3 aromatic rings. The number of nitro benzene ring substituents is 1. The summed E-state index contributed by atoms with van der Waals surface area (Å²) in [6.45, 7) is 3.99. The molecule has 1 aromatic heterocycles. The van der Waals surface area contributed by atoms with Gasteiger partial charge in [-0.25, -0.2) is 0 Å². The molecule has 0 aliphatic carbocycles. The third-order valence-corrected chi connectivity index (χ3v) is 4.86. The normalized spacial score (nSPS) is 11.6. The lowest BCUT2D eigenvalue weighted by atomic mass is 10.2. The van der Waals surface area contributed by atoms with Crippen LogP contribution in [0.15, 0.2) is 47.5 Å². The first-order valence-electron chi connectivity index (χ1n) is 8.46. The molecule has 3 rings (SSSR count). The Morgan fingerprint density at radius 2 is 2.04 bits per heavy atom. The van der Waals surface area contributed by atoms with Crippen LogP contribution in [0, 0.1) is 22.5 Å². The smallest absolute Gasteiger partial charge is 0.279 e. The lowest BCUT2D eigenvalue weighted by Gasteiger charge is -2.09. The molecule has 0 unspecified atom stereocenters. The van der Waals surface area contributed by atoms with E-state index in [0.717, 1.165) is 4.70 Å². The largest absolute Gasteiger partial charge is 0.491 e. The molecule has 2 aromatic carbocycles. The Balaban J connectivity index is 2.02. The van der Waals surface area contributed by atoms with Gasteiger partial charge in [-0.15, -0.1) is 6.42 Å². The molecule has 0 fully saturated rings. The van der Waals surface area contributed by atoms with Crippen LogP contribution in [0.1, 0.15) is 24.2 Å². The number of aromatic nitrogens is 1. The Morgan fingerprint density at radius 1 is 1.32 bits per heavy atom. The van der Waals surface area contributed by atoms with E-state index >= 15 is 0 Å². The minimum absolute atomic E-state index is 0.0385. The Labute approximate surface area is 165 Å². The fourth-order valence-electron chi connectivity index (χ4n) is 2.60. The van der Waals surface area contributed by atoms with Crippen molar-refractivity contribution in [3.63, 3.8) is 0 Å². The summed E-state index contributed by atoms with van der Waals surface area (Å²) in [4.78, 5) is 27.7. The van der Waals surface area contributed by atoms with E-state index < -0.39 is 10.8 Å². The summed E-state index contributed by atoms with van der Waals surface area (Å²) in [6.07, 6.45) is 5.47. The van der Waals surface area contributed by atoms with Crippen LogP contribution >= 0.6 is 11.3 Å². The Morgan fingerprint density at radius 3 is 2.64 bits per heavy atom. The molecule has 142 valence electrons.